The van der Waals surface area contributed by atoms with Gasteiger partial charge in [0, 0.05) is 11.3 Å². The Morgan fingerprint density at radius 1 is 1.33 bits per heavy atom. The van der Waals surface area contributed by atoms with Crippen molar-refractivity contribution in [2.45, 2.75) is 37.5 Å². The SMILES string of the molecule is COc1ccccc1Cc1nnc(SCCCC(C)O)o1. The predicted molar refractivity (Wildman–Crippen MR) is 81.7 cm³/mol. The van der Waals surface area contributed by atoms with E-state index in [4.69, 9.17) is 9.15 Å². The molecule has 0 aliphatic carbocycles. The highest BCUT2D eigenvalue weighted by molar-refractivity contribution is 7.99. The van der Waals surface area contributed by atoms with Gasteiger partial charge < -0.3 is 14.3 Å². The number of aliphatic hydroxyl groups is 1. The van der Waals surface area contributed by atoms with Crippen LogP contribution in [0, 0.1) is 0 Å². The summed E-state index contributed by atoms with van der Waals surface area (Å²) in [5, 5.41) is 17.9. The number of aliphatic hydroxyl groups excluding tert-OH is 1. The lowest BCUT2D eigenvalue weighted by atomic mass is 10.1. The van der Waals surface area contributed by atoms with Crippen molar-refractivity contribution in [2.24, 2.45) is 0 Å². The van der Waals surface area contributed by atoms with Crippen LogP contribution in [-0.4, -0.2) is 34.3 Å². The number of ether oxygens (including phenoxy) is 1. The molecule has 0 saturated heterocycles. The van der Waals surface area contributed by atoms with Gasteiger partial charge in [-0.1, -0.05) is 30.0 Å². The van der Waals surface area contributed by atoms with Crippen LogP contribution in [0.3, 0.4) is 0 Å². The largest absolute Gasteiger partial charge is 0.496 e. The molecule has 1 unspecified atom stereocenters. The fourth-order valence-electron chi connectivity index (χ4n) is 1.92. The number of aromatic nitrogens is 2. The maximum absolute atomic E-state index is 9.19. The topological polar surface area (TPSA) is 68.4 Å². The Balaban J connectivity index is 1.88. The summed E-state index contributed by atoms with van der Waals surface area (Å²) in [6.45, 7) is 1.79. The first-order chi connectivity index (χ1) is 10.2. The van der Waals surface area contributed by atoms with E-state index in [0.29, 0.717) is 17.5 Å². The van der Waals surface area contributed by atoms with Crippen molar-refractivity contribution in [3.8, 4) is 5.75 Å². The Kier molecular flexibility index (Phi) is 6.07. The fraction of sp³-hybridized carbons (Fsp3) is 0.467. The summed E-state index contributed by atoms with van der Waals surface area (Å²) in [4.78, 5) is 0. The highest BCUT2D eigenvalue weighted by Gasteiger charge is 2.10. The van der Waals surface area contributed by atoms with Gasteiger partial charge in [-0.25, -0.2) is 0 Å². The van der Waals surface area contributed by atoms with E-state index >= 15 is 0 Å². The number of methoxy groups -OCH3 is 1. The molecule has 21 heavy (non-hydrogen) atoms. The zero-order chi connectivity index (χ0) is 15.1. The van der Waals surface area contributed by atoms with Crippen LogP contribution < -0.4 is 4.74 Å². The Morgan fingerprint density at radius 3 is 2.90 bits per heavy atom. The van der Waals surface area contributed by atoms with E-state index in [-0.39, 0.29) is 6.10 Å². The zero-order valence-electron chi connectivity index (χ0n) is 12.3. The molecule has 1 N–H and O–H groups in total. The first-order valence-electron chi connectivity index (χ1n) is 6.94. The summed E-state index contributed by atoms with van der Waals surface area (Å²) >= 11 is 1.52. The normalized spacial score (nSPS) is 12.3. The van der Waals surface area contributed by atoms with Gasteiger partial charge in [-0.2, -0.15) is 0 Å². The first kappa shape index (κ1) is 15.9. The van der Waals surface area contributed by atoms with Crippen molar-refractivity contribution in [1.29, 1.82) is 0 Å². The summed E-state index contributed by atoms with van der Waals surface area (Å²) in [5.41, 5.74) is 1.02. The van der Waals surface area contributed by atoms with Gasteiger partial charge in [-0.05, 0) is 25.8 Å². The van der Waals surface area contributed by atoms with Gasteiger partial charge in [0.1, 0.15) is 5.75 Å². The van der Waals surface area contributed by atoms with Crippen LogP contribution in [0.5, 0.6) is 5.75 Å². The van der Waals surface area contributed by atoms with Crippen LogP contribution in [0.1, 0.15) is 31.2 Å². The molecule has 2 rings (SSSR count). The number of para-hydroxylation sites is 1. The van der Waals surface area contributed by atoms with E-state index < -0.39 is 0 Å². The molecule has 0 aliphatic heterocycles. The molecule has 2 aromatic rings. The molecule has 0 bridgehead atoms. The van der Waals surface area contributed by atoms with Crippen LogP contribution in [-0.2, 0) is 6.42 Å². The fourth-order valence-corrected chi connectivity index (χ4v) is 2.66. The highest BCUT2D eigenvalue weighted by Crippen LogP contribution is 2.23. The number of rotatable bonds is 8. The van der Waals surface area contributed by atoms with Crippen LogP contribution in [0.25, 0.3) is 0 Å². The highest BCUT2D eigenvalue weighted by atomic mass is 32.2. The summed E-state index contributed by atoms with van der Waals surface area (Å²) < 4.78 is 10.9. The average Bonchev–Trinajstić information content (AvgIpc) is 2.91. The number of hydrogen-bond acceptors (Lipinski definition) is 6. The average molecular weight is 308 g/mol. The second-order valence-electron chi connectivity index (χ2n) is 4.79. The molecule has 0 radical (unpaired) electrons. The monoisotopic (exact) mass is 308 g/mol. The summed E-state index contributed by atoms with van der Waals surface area (Å²) in [6, 6.07) is 7.79. The molecule has 5 nitrogen and oxygen atoms in total. The first-order valence-corrected chi connectivity index (χ1v) is 7.92. The molecule has 114 valence electrons. The summed E-state index contributed by atoms with van der Waals surface area (Å²) in [6.07, 6.45) is 2.02. The molecule has 0 saturated carbocycles. The zero-order valence-corrected chi connectivity index (χ0v) is 13.1. The van der Waals surface area contributed by atoms with Crippen molar-refractivity contribution in [3.05, 3.63) is 35.7 Å². The van der Waals surface area contributed by atoms with Crippen molar-refractivity contribution in [1.82, 2.24) is 10.2 Å². The third kappa shape index (κ3) is 5.06. The minimum Gasteiger partial charge on any atom is -0.496 e. The van der Waals surface area contributed by atoms with E-state index in [2.05, 4.69) is 10.2 Å². The second-order valence-corrected chi connectivity index (χ2v) is 5.84. The van der Waals surface area contributed by atoms with E-state index in [9.17, 15) is 5.11 Å². The van der Waals surface area contributed by atoms with Gasteiger partial charge in [-0.3, -0.25) is 0 Å². The lowest BCUT2D eigenvalue weighted by Gasteiger charge is -2.05. The number of hydrogen-bond donors (Lipinski definition) is 1. The van der Waals surface area contributed by atoms with Gasteiger partial charge >= 0.3 is 0 Å². The Bertz CT molecular complexity index is 557. The van der Waals surface area contributed by atoms with Gasteiger partial charge in [0.15, 0.2) is 0 Å². The van der Waals surface area contributed by atoms with E-state index in [0.717, 1.165) is 29.9 Å². The second kappa shape index (κ2) is 8.05. The Morgan fingerprint density at radius 2 is 2.14 bits per heavy atom. The maximum Gasteiger partial charge on any atom is 0.276 e. The number of benzene rings is 1. The van der Waals surface area contributed by atoms with E-state index in [1.54, 1.807) is 14.0 Å². The van der Waals surface area contributed by atoms with Crippen molar-refractivity contribution in [3.63, 3.8) is 0 Å². The van der Waals surface area contributed by atoms with Gasteiger partial charge in [0.05, 0.1) is 19.6 Å². The smallest absolute Gasteiger partial charge is 0.276 e. The number of thioether (sulfide) groups is 1. The molecule has 0 fully saturated rings. The molecular formula is C15H20N2O3S. The van der Waals surface area contributed by atoms with Crippen molar-refractivity contribution in [2.75, 3.05) is 12.9 Å². The molecule has 1 heterocycles. The lowest BCUT2D eigenvalue weighted by molar-refractivity contribution is 0.184. The Labute approximate surface area is 128 Å². The van der Waals surface area contributed by atoms with Gasteiger partial charge in [-0.15, -0.1) is 10.2 Å². The summed E-state index contributed by atoms with van der Waals surface area (Å²) in [5.74, 6) is 2.26. The van der Waals surface area contributed by atoms with E-state index in [1.807, 2.05) is 24.3 Å². The molecule has 0 spiro atoms. The Hall–Kier alpha value is -1.53. The molecule has 1 aromatic heterocycles. The predicted octanol–water partition coefficient (Wildman–Crippen LogP) is 2.92. The van der Waals surface area contributed by atoms with Gasteiger partial charge in [0.2, 0.25) is 5.89 Å². The quantitative estimate of drug-likeness (QED) is 0.597. The molecular weight excluding hydrogens is 288 g/mol. The minimum absolute atomic E-state index is 0.255. The van der Waals surface area contributed by atoms with Crippen molar-refractivity contribution >= 4 is 11.8 Å². The molecule has 0 aliphatic rings. The molecule has 1 atom stereocenters. The number of nitrogens with zero attached hydrogens (tertiary/aromatic N) is 2. The maximum atomic E-state index is 9.19. The van der Waals surface area contributed by atoms with Crippen LogP contribution in [0.2, 0.25) is 0 Å². The minimum atomic E-state index is -0.255. The van der Waals surface area contributed by atoms with Gasteiger partial charge in [0.25, 0.3) is 5.22 Å². The molecule has 1 aromatic carbocycles. The van der Waals surface area contributed by atoms with Crippen molar-refractivity contribution < 1.29 is 14.3 Å². The molecule has 6 heteroatoms. The summed E-state index contributed by atoms with van der Waals surface area (Å²) in [7, 11) is 1.65. The van der Waals surface area contributed by atoms with E-state index in [1.165, 1.54) is 11.8 Å². The standard InChI is InChI=1S/C15H20N2O3S/c1-11(18)6-5-9-21-15-17-16-14(20-15)10-12-7-3-4-8-13(12)19-2/h3-4,7-8,11,18H,5-6,9-10H2,1-2H3. The van der Waals surface area contributed by atoms with Crippen LogP contribution in [0.15, 0.2) is 33.9 Å². The third-order valence-electron chi connectivity index (χ3n) is 2.97. The van der Waals surface area contributed by atoms with Crippen LogP contribution in [0.4, 0.5) is 0 Å². The lowest BCUT2D eigenvalue weighted by Crippen LogP contribution is -1.99. The van der Waals surface area contributed by atoms with Crippen LogP contribution >= 0.6 is 11.8 Å². The molecule has 0 amide bonds. The third-order valence-corrected chi connectivity index (χ3v) is 3.88.